The van der Waals surface area contributed by atoms with Gasteiger partial charge in [-0.15, -0.1) is 0 Å². The molecule has 0 saturated carbocycles. The summed E-state index contributed by atoms with van der Waals surface area (Å²) in [6.45, 7) is 1.72. The van der Waals surface area contributed by atoms with Crippen LogP contribution in [0.2, 0.25) is 0 Å². The summed E-state index contributed by atoms with van der Waals surface area (Å²) in [7, 11) is 0. The van der Waals surface area contributed by atoms with Gasteiger partial charge >= 0.3 is 5.69 Å². The third kappa shape index (κ3) is 1.65. The van der Waals surface area contributed by atoms with Gasteiger partial charge in [0.25, 0.3) is 0 Å². The number of hydrogen-bond donors (Lipinski definition) is 1. The lowest BCUT2D eigenvalue weighted by molar-refractivity contribution is 0.831. The average Bonchev–Trinajstić information content (AvgIpc) is 2.58. The molecule has 1 N–H and O–H groups in total. The topological polar surface area (TPSA) is 74.5 Å². The molecule has 0 aliphatic carbocycles. The van der Waals surface area contributed by atoms with Crippen LogP contribution in [0.25, 0.3) is 5.69 Å². The predicted octanol–water partition coefficient (Wildman–Crippen LogP) is 0.741. The van der Waals surface area contributed by atoms with Crippen molar-refractivity contribution < 1.29 is 0 Å². The van der Waals surface area contributed by atoms with Crippen LogP contribution >= 0.6 is 0 Å². The van der Waals surface area contributed by atoms with Crippen LogP contribution < -0.4 is 5.69 Å². The van der Waals surface area contributed by atoms with Crippen molar-refractivity contribution in [3.05, 3.63) is 46.1 Å². The fourth-order valence-corrected chi connectivity index (χ4v) is 1.36. The van der Waals surface area contributed by atoms with Crippen molar-refractivity contribution in [1.29, 1.82) is 5.26 Å². The Hall–Kier alpha value is -2.35. The first-order valence-electron chi connectivity index (χ1n) is 4.37. The van der Waals surface area contributed by atoms with Crippen molar-refractivity contribution in [3.8, 4) is 11.8 Å². The van der Waals surface area contributed by atoms with E-state index in [0.717, 1.165) is 5.69 Å². The first-order valence-corrected chi connectivity index (χ1v) is 4.37. The minimum absolute atomic E-state index is 0.394. The highest BCUT2D eigenvalue weighted by Crippen LogP contribution is 2.09. The van der Waals surface area contributed by atoms with Gasteiger partial charge in [0.1, 0.15) is 5.82 Å². The van der Waals surface area contributed by atoms with Gasteiger partial charge in [-0.05, 0) is 25.1 Å². The number of aromatic amines is 1. The van der Waals surface area contributed by atoms with E-state index >= 15 is 0 Å². The number of nitrogens with one attached hydrogen (secondary N) is 1. The van der Waals surface area contributed by atoms with E-state index in [0.29, 0.717) is 11.4 Å². The van der Waals surface area contributed by atoms with E-state index < -0.39 is 5.69 Å². The molecule has 0 atom stereocenters. The molecule has 0 unspecified atom stereocenters. The number of H-pyrrole nitrogens is 1. The Morgan fingerprint density at radius 2 is 2.33 bits per heavy atom. The zero-order valence-electron chi connectivity index (χ0n) is 8.06. The van der Waals surface area contributed by atoms with Gasteiger partial charge in [-0.3, -0.25) is 0 Å². The molecule has 2 rings (SSSR count). The van der Waals surface area contributed by atoms with E-state index in [2.05, 4.69) is 10.1 Å². The Morgan fingerprint density at radius 3 is 2.93 bits per heavy atom. The maximum atomic E-state index is 11.0. The van der Waals surface area contributed by atoms with E-state index in [1.165, 1.54) is 0 Å². The summed E-state index contributed by atoms with van der Waals surface area (Å²) in [6.07, 6.45) is 0. The molecule has 0 amide bonds. The van der Waals surface area contributed by atoms with E-state index in [1.54, 1.807) is 35.9 Å². The summed E-state index contributed by atoms with van der Waals surface area (Å²) in [5.74, 6) is 0.565. The van der Waals surface area contributed by atoms with Crippen molar-refractivity contribution in [1.82, 2.24) is 14.8 Å². The van der Waals surface area contributed by atoms with E-state index in [-0.39, 0.29) is 0 Å². The summed E-state index contributed by atoms with van der Waals surface area (Å²) >= 11 is 0. The summed E-state index contributed by atoms with van der Waals surface area (Å²) in [6, 6.07) is 8.98. The Bertz CT molecular complexity index is 588. The van der Waals surface area contributed by atoms with Crippen LogP contribution in [-0.2, 0) is 0 Å². The molecule has 0 radical (unpaired) electrons. The van der Waals surface area contributed by atoms with Crippen LogP contribution in [0, 0.1) is 18.3 Å². The first-order chi connectivity index (χ1) is 7.20. The number of aromatic nitrogens is 3. The third-order valence-electron chi connectivity index (χ3n) is 2.03. The van der Waals surface area contributed by atoms with Gasteiger partial charge in [0.05, 0.1) is 17.3 Å². The number of aryl methyl sites for hydroxylation is 1. The highest BCUT2D eigenvalue weighted by molar-refractivity contribution is 5.40. The number of nitrogens with zero attached hydrogens (tertiary/aromatic N) is 3. The second-order valence-electron chi connectivity index (χ2n) is 3.07. The van der Waals surface area contributed by atoms with Gasteiger partial charge in [0.2, 0.25) is 0 Å². The lowest BCUT2D eigenvalue weighted by atomic mass is 10.2. The number of nitriles is 1. The van der Waals surface area contributed by atoms with Crippen LogP contribution in [0.1, 0.15) is 11.4 Å². The quantitative estimate of drug-likeness (QED) is 0.737. The molecule has 0 saturated heterocycles. The summed E-state index contributed by atoms with van der Waals surface area (Å²) < 4.78 is 1.54. The largest absolute Gasteiger partial charge is 0.361 e. The molecule has 0 aliphatic heterocycles. The van der Waals surface area contributed by atoms with Crippen LogP contribution in [-0.4, -0.2) is 14.8 Å². The molecule has 5 heteroatoms. The van der Waals surface area contributed by atoms with Crippen molar-refractivity contribution in [2.45, 2.75) is 6.92 Å². The number of hydrogen-bond acceptors (Lipinski definition) is 3. The Labute approximate surface area is 85.6 Å². The first kappa shape index (κ1) is 9.21. The van der Waals surface area contributed by atoms with E-state index in [4.69, 9.17) is 5.26 Å². The fraction of sp³-hybridized carbons (Fsp3) is 0.100. The highest BCUT2D eigenvalue weighted by atomic mass is 16.1. The molecule has 1 aromatic heterocycles. The van der Waals surface area contributed by atoms with Crippen molar-refractivity contribution in [3.63, 3.8) is 0 Å². The Morgan fingerprint density at radius 1 is 1.53 bits per heavy atom. The van der Waals surface area contributed by atoms with Crippen LogP contribution in [0.4, 0.5) is 0 Å². The Kier molecular flexibility index (Phi) is 2.10. The van der Waals surface area contributed by atoms with Crippen LogP contribution in [0.5, 0.6) is 0 Å². The molecule has 1 heterocycles. The molecule has 74 valence electrons. The number of rotatable bonds is 1. The minimum atomic E-state index is -0.394. The maximum Gasteiger partial charge on any atom is 0.361 e. The normalized spacial score (nSPS) is 9.87. The lowest BCUT2D eigenvalue weighted by Crippen LogP contribution is -2.05. The summed E-state index contributed by atoms with van der Waals surface area (Å²) in [4.78, 5) is 14.7. The summed E-state index contributed by atoms with van der Waals surface area (Å²) in [5.41, 5.74) is 0.873. The van der Waals surface area contributed by atoms with Crippen molar-refractivity contribution >= 4 is 0 Å². The monoisotopic (exact) mass is 200 g/mol. The second-order valence-corrected chi connectivity index (χ2v) is 3.07. The van der Waals surface area contributed by atoms with Gasteiger partial charge in [-0.2, -0.15) is 10.2 Å². The van der Waals surface area contributed by atoms with Gasteiger partial charge in [0, 0.05) is 0 Å². The fourth-order valence-electron chi connectivity index (χ4n) is 1.36. The SMILES string of the molecule is Cc1nc(=O)[nH]n1-c1cccc(C#N)c1. The molecule has 5 nitrogen and oxygen atoms in total. The predicted molar refractivity (Wildman–Crippen MR) is 53.6 cm³/mol. The van der Waals surface area contributed by atoms with E-state index in [1.807, 2.05) is 6.07 Å². The zero-order valence-corrected chi connectivity index (χ0v) is 8.06. The molecule has 0 bridgehead atoms. The standard InChI is InChI=1S/C10H8N4O/c1-7-12-10(15)13-14(7)9-4-2-3-8(5-9)6-11/h2-5H,1H3,(H,13,15). The number of benzene rings is 1. The van der Waals surface area contributed by atoms with Crippen LogP contribution in [0.3, 0.4) is 0 Å². The van der Waals surface area contributed by atoms with Crippen molar-refractivity contribution in [2.75, 3.05) is 0 Å². The molecule has 0 spiro atoms. The van der Waals surface area contributed by atoms with Crippen LogP contribution in [0.15, 0.2) is 29.1 Å². The molecule has 0 aliphatic rings. The zero-order chi connectivity index (χ0) is 10.8. The van der Waals surface area contributed by atoms with Crippen molar-refractivity contribution in [2.24, 2.45) is 0 Å². The molecular weight excluding hydrogens is 192 g/mol. The Balaban J connectivity index is 2.59. The highest BCUT2D eigenvalue weighted by Gasteiger charge is 2.03. The molecule has 1 aromatic carbocycles. The van der Waals surface area contributed by atoms with Gasteiger partial charge in [-0.25, -0.2) is 14.6 Å². The molecule has 2 aromatic rings. The second kappa shape index (κ2) is 3.42. The van der Waals surface area contributed by atoms with Gasteiger partial charge in [0.15, 0.2) is 0 Å². The summed E-state index contributed by atoms with van der Waals surface area (Å²) in [5, 5.41) is 11.3. The molecule has 0 fully saturated rings. The smallest absolute Gasteiger partial charge is 0.244 e. The lowest BCUT2D eigenvalue weighted by Gasteiger charge is -2.03. The molecular formula is C10H8N4O. The minimum Gasteiger partial charge on any atom is -0.244 e. The van der Waals surface area contributed by atoms with E-state index in [9.17, 15) is 4.79 Å². The van der Waals surface area contributed by atoms with Gasteiger partial charge in [-0.1, -0.05) is 6.07 Å². The maximum absolute atomic E-state index is 11.0. The molecule has 15 heavy (non-hydrogen) atoms. The average molecular weight is 200 g/mol. The van der Waals surface area contributed by atoms with Gasteiger partial charge < -0.3 is 0 Å². The third-order valence-corrected chi connectivity index (χ3v) is 2.03.